The zero-order chi connectivity index (χ0) is 16.5. The van der Waals surface area contributed by atoms with Crippen molar-refractivity contribution in [2.24, 2.45) is 5.73 Å². The van der Waals surface area contributed by atoms with Gasteiger partial charge < -0.3 is 26.3 Å². The van der Waals surface area contributed by atoms with Gasteiger partial charge in [0.1, 0.15) is 12.1 Å². The fourth-order valence-electron chi connectivity index (χ4n) is 2.53. The Bertz CT molecular complexity index is 404. The van der Waals surface area contributed by atoms with Crippen LogP contribution in [-0.2, 0) is 14.4 Å². The highest BCUT2D eigenvalue weighted by Crippen LogP contribution is 2.18. The largest absolute Gasteiger partial charge is 0.480 e. The molecule has 1 fully saturated rings. The summed E-state index contributed by atoms with van der Waals surface area (Å²) in [5.74, 6) is -1.96. The molecule has 1 saturated heterocycles. The Morgan fingerprint density at radius 3 is 2.64 bits per heavy atom. The van der Waals surface area contributed by atoms with Crippen molar-refractivity contribution in [2.45, 2.75) is 44.2 Å². The number of hydrogen-bond acceptors (Lipinski definition) is 6. The van der Waals surface area contributed by atoms with Crippen LogP contribution < -0.4 is 16.5 Å². The molecule has 0 aromatic heterocycles. The number of likely N-dealkylation sites (tertiary alicyclic amines) is 1. The summed E-state index contributed by atoms with van der Waals surface area (Å²) < 4.78 is 0. The average Bonchev–Trinajstić information content (AvgIpc) is 2.96. The molecule has 0 unspecified atom stereocenters. The molecule has 0 aromatic carbocycles. The molecule has 9 heteroatoms. The van der Waals surface area contributed by atoms with Crippen LogP contribution in [0.1, 0.15) is 32.1 Å². The standard InChI is InChI=1S/C13H24N4O5/c14-6-2-1-4-9(13(20)21)16-12(19)10-5-3-7-17(10)11(18)8-15-22/h9-10,15,22H,1-8,14H2,(H,16,19)(H,20,21)/t9-,10-/m0/s1. The average molecular weight is 316 g/mol. The number of nitrogens with one attached hydrogen (secondary N) is 2. The fraction of sp³-hybridized carbons (Fsp3) is 0.769. The lowest BCUT2D eigenvalue weighted by atomic mass is 10.1. The van der Waals surface area contributed by atoms with Gasteiger partial charge in [-0.15, -0.1) is 0 Å². The van der Waals surface area contributed by atoms with E-state index < -0.39 is 29.9 Å². The van der Waals surface area contributed by atoms with Crippen LogP contribution in [0.25, 0.3) is 0 Å². The highest BCUT2D eigenvalue weighted by atomic mass is 16.5. The number of nitrogens with two attached hydrogens (primary N) is 1. The van der Waals surface area contributed by atoms with Gasteiger partial charge in [0.15, 0.2) is 0 Å². The van der Waals surface area contributed by atoms with Crippen LogP contribution in [0.5, 0.6) is 0 Å². The summed E-state index contributed by atoms with van der Waals surface area (Å²) in [6.07, 6.45) is 2.75. The van der Waals surface area contributed by atoms with Gasteiger partial charge in [-0.3, -0.25) is 9.59 Å². The maximum Gasteiger partial charge on any atom is 0.326 e. The molecule has 2 amide bonds. The first-order valence-corrected chi connectivity index (χ1v) is 7.41. The summed E-state index contributed by atoms with van der Waals surface area (Å²) in [5, 5.41) is 20.2. The number of carbonyl (C=O) groups is 3. The third-order valence-electron chi connectivity index (χ3n) is 3.67. The molecule has 0 aromatic rings. The molecule has 1 rings (SSSR count). The molecule has 0 aliphatic carbocycles. The number of unbranched alkanes of at least 4 members (excludes halogenated alkanes) is 1. The monoisotopic (exact) mass is 316 g/mol. The van der Waals surface area contributed by atoms with E-state index in [1.165, 1.54) is 4.90 Å². The van der Waals surface area contributed by atoms with Crippen molar-refractivity contribution in [1.29, 1.82) is 0 Å². The Labute approximate surface area is 128 Å². The molecule has 1 heterocycles. The molecule has 1 aliphatic rings. The predicted octanol–water partition coefficient (Wildman–Crippen LogP) is -1.35. The van der Waals surface area contributed by atoms with Gasteiger partial charge in [0.25, 0.3) is 0 Å². The number of nitrogens with zero attached hydrogens (tertiary/aromatic N) is 1. The molecule has 0 saturated carbocycles. The molecule has 2 atom stereocenters. The van der Waals surface area contributed by atoms with E-state index in [0.29, 0.717) is 45.2 Å². The first-order valence-electron chi connectivity index (χ1n) is 7.41. The minimum atomic E-state index is -1.10. The SMILES string of the molecule is NCCCC[C@H](NC(=O)[C@@H]1CCCN1C(=O)CNO)C(=O)O. The summed E-state index contributed by atoms with van der Waals surface area (Å²) in [6, 6.07) is -1.66. The van der Waals surface area contributed by atoms with E-state index in [0.717, 1.165) is 0 Å². The van der Waals surface area contributed by atoms with Crippen molar-refractivity contribution < 1.29 is 24.7 Å². The van der Waals surface area contributed by atoms with Gasteiger partial charge in [-0.25, -0.2) is 4.79 Å². The smallest absolute Gasteiger partial charge is 0.326 e. The first kappa shape index (κ1) is 18.3. The van der Waals surface area contributed by atoms with E-state index in [-0.39, 0.29) is 6.54 Å². The first-order chi connectivity index (χ1) is 10.5. The molecule has 126 valence electrons. The second-order valence-electron chi connectivity index (χ2n) is 5.26. The number of rotatable bonds is 9. The zero-order valence-electron chi connectivity index (χ0n) is 12.5. The number of carbonyl (C=O) groups excluding carboxylic acids is 2. The number of carboxylic acids is 1. The number of aliphatic carboxylic acids is 1. The second kappa shape index (κ2) is 9.34. The Morgan fingerprint density at radius 2 is 2.05 bits per heavy atom. The summed E-state index contributed by atoms with van der Waals surface area (Å²) in [7, 11) is 0. The highest BCUT2D eigenvalue weighted by molar-refractivity contribution is 5.91. The van der Waals surface area contributed by atoms with Gasteiger partial charge in [0.05, 0.1) is 6.54 Å². The number of amides is 2. The van der Waals surface area contributed by atoms with Crippen LogP contribution in [0.4, 0.5) is 0 Å². The van der Waals surface area contributed by atoms with E-state index in [1.54, 1.807) is 5.48 Å². The molecule has 1 aliphatic heterocycles. The van der Waals surface area contributed by atoms with Crippen molar-refractivity contribution in [1.82, 2.24) is 15.7 Å². The highest BCUT2D eigenvalue weighted by Gasteiger charge is 2.35. The van der Waals surface area contributed by atoms with Gasteiger partial charge in [0.2, 0.25) is 11.8 Å². The summed E-state index contributed by atoms with van der Waals surface area (Å²) in [6.45, 7) is 0.617. The van der Waals surface area contributed by atoms with Crippen LogP contribution in [-0.4, -0.2) is 64.7 Å². The lowest BCUT2D eigenvalue weighted by Gasteiger charge is -2.25. The number of hydroxylamine groups is 1. The van der Waals surface area contributed by atoms with Crippen LogP contribution in [0.2, 0.25) is 0 Å². The number of carboxylic acid groups (broad SMARTS) is 1. The molecular formula is C13H24N4O5. The van der Waals surface area contributed by atoms with Crippen molar-refractivity contribution in [3.05, 3.63) is 0 Å². The minimum Gasteiger partial charge on any atom is -0.480 e. The lowest BCUT2D eigenvalue weighted by molar-refractivity contribution is -0.144. The molecule has 0 radical (unpaired) electrons. The van der Waals surface area contributed by atoms with Gasteiger partial charge in [0, 0.05) is 6.54 Å². The normalized spacial score (nSPS) is 19.0. The van der Waals surface area contributed by atoms with Gasteiger partial charge in [-0.1, -0.05) is 0 Å². The van der Waals surface area contributed by atoms with Crippen molar-refractivity contribution >= 4 is 17.8 Å². The van der Waals surface area contributed by atoms with E-state index >= 15 is 0 Å². The van der Waals surface area contributed by atoms with Crippen LogP contribution in [0.15, 0.2) is 0 Å². The summed E-state index contributed by atoms with van der Waals surface area (Å²) in [5.41, 5.74) is 7.13. The summed E-state index contributed by atoms with van der Waals surface area (Å²) >= 11 is 0. The maximum absolute atomic E-state index is 12.2. The van der Waals surface area contributed by atoms with Crippen LogP contribution >= 0.6 is 0 Å². The molecule has 0 bridgehead atoms. The Kier molecular flexibility index (Phi) is 7.78. The van der Waals surface area contributed by atoms with E-state index in [1.807, 2.05) is 0 Å². The van der Waals surface area contributed by atoms with E-state index in [4.69, 9.17) is 16.0 Å². The molecule has 6 N–H and O–H groups in total. The van der Waals surface area contributed by atoms with Crippen molar-refractivity contribution in [3.63, 3.8) is 0 Å². The van der Waals surface area contributed by atoms with Crippen LogP contribution in [0, 0.1) is 0 Å². The maximum atomic E-state index is 12.2. The van der Waals surface area contributed by atoms with Gasteiger partial charge >= 0.3 is 5.97 Å². The topological polar surface area (TPSA) is 145 Å². The van der Waals surface area contributed by atoms with Crippen molar-refractivity contribution in [3.8, 4) is 0 Å². The Morgan fingerprint density at radius 1 is 1.32 bits per heavy atom. The number of hydrogen-bond donors (Lipinski definition) is 5. The predicted molar refractivity (Wildman–Crippen MR) is 77.0 cm³/mol. The minimum absolute atomic E-state index is 0.275. The van der Waals surface area contributed by atoms with E-state index in [2.05, 4.69) is 5.32 Å². The molecule has 9 nitrogen and oxygen atoms in total. The zero-order valence-corrected chi connectivity index (χ0v) is 12.5. The quantitative estimate of drug-likeness (QED) is 0.261. The van der Waals surface area contributed by atoms with Crippen LogP contribution in [0.3, 0.4) is 0 Å². The lowest BCUT2D eigenvalue weighted by Crippen LogP contribution is -2.52. The molecule has 22 heavy (non-hydrogen) atoms. The third kappa shape index (κ3) is 5.24. The Hall–Kier alpha value is -1.71. The van der Waals surface area contributed by atoms with Gasteiger partial charge in [-0.05, 0) is 38.6 Å². The molecular weight excluding hydrogens is 292 g/mol. The summed E-state index contributed by atoms with van der Waals surface area (Å²) in [4.78, 5) is 36.6. The third-order valence-corrected chi connectivity index (χ3v) is 3.67. The Balaban J connectivity index is 2.60. The molecule has 0 spiro atoms. The van der Waals surface area contributed by atoms with Gasteiger partial charge in [-0.2, -0.15) is 5.48 Å². The van der Waals surface area contributed by atoms with Crippen molar-refractivity contribution in [2.75, 3.05) is 19.6 Å². The van der Waals surface area contributed by atoms with E-state index in [9.17, 15) is 14.4 Å². The fourth-order valence-corrected chi connectivity index (χ4v) is 2.53. The second-order valence-corrected chi connectivity index (χ2v) is 5.26.